The van der Waals surface area contributed by atoms with Gasteiger partial charge in [0.15, 0.2) is 5.75 Å². The second-order valence-corrected chi connectivity index (χ2v) is 8.77. The van der Waals surface area contributed by atoms with E-state index in [1.54, 1.807) is 17.5 Å². The van der Waals surface area contributed by atoms with E-state index in [2.05, 4.69) is 45.9 Å². The molecule has 8 nitrogen and oxygen atoms in total. The van der Waals surface area contributed by atoms with E-state index in [0.717, 1.165) is 39.2 Å². The lowest BCUT2D eigenvalue weighted by atomic mass is 9.88. The van der Waals surface area contributed by atoms with Crippen molar-refractivity contribution in [2.75, 3.05) is 24.8 Å². The van der Waals surface area contributed by atoms with Crippen LogP contribution in [0.3, 0.4) is 0 Å². The highest BCUT2D eigenvalue weighted by Gasteiger charge is 2.25. The number of hydrazine groups is 1. The molecule has 0 aliphatic carbocycles. The predicted octanol–water partition coefficient (Wildman–Crippen LogP) is 4.29. The number of aryl methyl sites for hydroxylation is 1. The Kier molecular flexibility index (Phi) is 5.98. The molecule has 1 aliphatic rings. The first kappa shape index (κ1) is 22.0. The largest absolute Gasteiger partial charge is 0.484 e. The molecule has 0 saturated carbocycles. The van der Waals surface area contributed by atoms with E-state index < -0.39 is 0 Å². The van der Waals surface area contributed by atoms with Crippen molar-refractivity contribution in [2.45, 2.75) is 26.7 Å². The summed E-state index contributed by atoms with van der Waals surface area (Å²) >= 11 is 0. The number of nitrogens with zero attached hydrogens (tertiary/aromatic N) is 5. The molecule has 0 saturated heterocycles. The van der Waals surface area contributed by atoms with Gasteiger partial charge >= 0.3 is 0 Å². The molecule has 8 heteroatoms. The minimum Gasteiger partial charge on any atom is -0.484 e. The first-order valence-corrected chi connectivity index (χ1v) is 11.5. The van der Waals surface area contributed by atoms with Crippen molar-refractivity contribution in [2.24, 2.45) is 11.8 Å². The summed E-state index contributed by atoms with van der Waals surface area (Å²) in [7, 11) is 0. The lowest BCUT2D eigenvalue weighted by molar-refractivity contribution is 0.161. The van der Waals surface area contributed by atoms with Crippen LogP contribution < -0.4 is 20.3 Å². The van der Waals surface area contributed by atoms with Gasteiger partial charge in [0.2, 0.25) is 0 Å². The van der Waals surface area contributed by atoms with E-state index in [1.165, 1.54) is 0 Å². The molecule has 0 radical (unpaired) electrons. The fourth-order valence-corrected chi connectivity index (χ4v) is 4.25. The molecule has 0 fully saturated rings. The second kappa shape index (κ2) is 9.23. The molecule has 1 unspecified atom stereocenters. The third-order valence-electron chi connectivity index (χ3n) is 6.37. The van der Waals surface area contributed by atoms with Gasteiger partial charge < -0.3 is 9.47 Å². The number of fused-ring (bicyclic) bond motifs is 2. The molecule has 2 atom stereocenters. The van der Waals surface area contributed by atoms with Crippen LogP contribution in [0.4, 0.5) is 5.82 Å². The maximum Gasteiger partial charge on any atom is 0.257 e. The highest BCUT2D eigenvalue weighted by atomic mass is 16.6. The molecule has 5 rings (SSSR count). The zero-order valence-corrected chi connectivity index (χ0v) is 19.6. The van der Waals surface area contributed by atoms with Crippen LogP contribution >= 0.6 is 0 Å². The number of hydrogen-bond acceptors (Lipinski definition) is 8. The molecule has 3 aromatic heterocycles. The Morgan fingerprint density at radius 3 is 2.74 bits per heavy atom. The molecular weight excluding hydrogens is 428 g/mol. The number of pyridine rings is 2. The van der Waals surface area contributed by atoms with Gasteiger partial charge in [0.1, 0.15) is 25.4 Å². The van der Waals surface area contributed by atoms with Crippen molar-refractivity contribution in [1.82, 2.24) is 19.9 Å². The van der Waals surface area contributed by atoms with Gasteiger partial charge in [-0.2, -0.15) is 0 Å². The van der Waals surface area contributed by atoms with Crippen LogP contribution in [0.25, 0.3) is 22.2 Å². The SMILES string of the molecule is Cc1ccc2cc(-c3cc(N(N)C[C@@H](C)C(C)c4ccnc5c4OCCO5)ncn3)ccc2n1. The average Bonchev–Trinajstić information content (AvgIpc) is 2.87. The number of hydrogen-bond donors (Lipinski definition) is 1. The molecule has 4 aromatic rings. The Bertz CT molecular complexity index is 1330. The third-order valence-corrected chi connectivity index (χ3v) is 6.37. The Morgan fingerprint density at radius 1 is 1.00 bits per heavy atom. The summed E-state index contributed by atoms with van der Waals surface area (Å²) in [6.07, 6.45) is 3.32. The van der Waals surface area contributed by atoms with Gasteiger partial charge in [-0.05, 0) is 43.0 Å². The number of benzene rings is 1. The van der Waals surface area contributed by atoms with Crippen LogP contribution in [0, 0.1) is 12.8 Å². The van der Waals surface area contributed by atoms with E-state index in [1.807, 2.05) is 37.3 Å². The van der Waals surface area contributed by atoms with Crippen LogP contribution in [0.5, 0.6) is 11.6 Å². The molecule has 2 N–H and O–H groups in total. The highest BCUT2D eigenvalue weighted by molar-refractivity contribution is 5.84. The van der Waals surface area contributed by atoms with Gasteiger partial charge in [-0.1, -0.05) is 26.0 Å². The Morgan fingerprint density at radius 2 is 1.85 bits per heavy atom. The van der Waals surface area contributed by atoms with Crippen LogP contribution in [0.2, 0.25) is 0 Å². The first-order chi connectivity index (χ1) is 16.5. The summed E-state index contributed by atoms with van der Waals surface area (Å²) in [5.74, 6) is 8.84. The minimum absolute atomic E-state index is 0.183. The Hall–Kier alpha value is -3.78. The molecule has 34 heavy (non-hydrogen) atoms. The maximum atomic E-state index is 6.47. The molecular formula is C26H28N6O2. The van der Waals surface area contributed by atoms with E-state index in [-0.39, 0.29) is 11.8 Å². The van der Waals surface area contributed by atoms with Gasteiger partial charge in [-0.3, -0.25) is 9.99 Å². The summed E-state index contributed by atoms with van der Waals surface area (Å²) in [4.78, 5) is 17.8. The monoisotopic (exact) mass is 456 g/mol. The summed E-state index contributed by atoms with van der Waals surface area (Å²) < 4.78 is 11.5. The summed E-state index contributed by atoms with van der Waals surface area (Å²) in [6.45, 7) is 7.99. The summed E-state index contributed by atoms with van der Waals surface area (Å²) in [5.41, 5.74) is 4.86. The minimum atomic E-state index is 0.183. The number of ether oxygens (including phenoxy) is 2. The van der Waals surface area contributed by atoms with Gasteiger partial charge in [0, 0.05) is 41.0 Å². The smallest absolute Gasteiger partial charge is 0.257 e. The Balaban J connectivity index is 1.34. The predicted molar refractivity (Wildman–Crippen MR) is 132 cm³/mol. The van der Waals surface area contributed by atoms with Crippen molar-refractivity contribution < 1.29 is 9.47 Å². The fourth-order valence-electron chi connectivity index (χ4n) is 4.25. The molecule has 0 amide bonds. The maximum absolute atomic E-state index is 6.47. The van der Waals surface area contributed by atoms with Gasteiger partial charge in [0.25, 0.3) is 5.88 Å². The lowest BCUT2D eigenvalue weighted by Gasteiger charge is -2.28. The molecule has 1 aromatic carbocycles. The van der Waals surface area contributed by atoms with Crippen LogP contribution in [0.15, 0.2) is 55.0 Å². The highest BCUT2D eigenvalue weighted by Crippen LogP contribution is 2.38. The lowest BCUT2D eigenvalue weighted by Crippen LogP contribution is -2.37. The molecule has 0 bridgehead atoms. The van der Waals surface area contributed by atoms with E-state index >= 15 is 0 Å². The van der Waals surface area contributed by atoms with Crippen molar-refractivity contribution in [1.29, 1.82) is 0 Å². The number of nitrogens with two attached hydrogens (primary N) is 1. The van der Waals surface area contributed by atoms with E-state index in [4.69, 9.17) is 15.3 Å². The van der Waals surface area contributed by atoms with Gasteiger partial charge in [-0.15, -0.1) is 0 Å². The third kappa shape index (κ3) is 4.36. The van der Waals surface area contributed by atoms with Crippen molar-refractivity contribution in [3.8, 4) is 22.9 Å². The first-order valence-electron chi connectivity index (χ1n) is 11.5. The van der Waals surface area contributed by atoms with Crippen LogP contribution in [-0.2, 0) is 0 Å². The van der Waals surface area contributed by atoms with Crippen molar-refractivity contribution >= 4 is 16.7 Å². The van der Waals surface area contributed by atoms with Crippen molar-refractivity contribution in [3.05, 3.63) is 66.2 Å². The second-order valence-electron chi connectivity index (χ2n) is 8.77. The molecule has 174 valence electrons. The van der Waals surface area contributed by atoms with E-state index in [9.17, 15) is 0 Å². The van der Waals surface area contributed by atoms with E-state index in [0.29, 0.717) is 31.5 Å². The average molecular weight is 457 g/mol. The van der Waals surface area contributed by atoms with Gasteiger partial charge in [-0.25, -0.2) is 20.8 Å². The normalized spacial score (nSPS) is 14.6. The number of anilines is 1. The van der Waals surface area contributed by atoms with Crippen LogP contribution in [0.1, 0.15) is 31.0 Å². The van der Waals surface area contributed by atoms with Crippen molar-refractivity contribution in [3.63, 3.8) is 0 Å². The topological polar surface area (TPSA) is 99.3 Å². The molecule has 1 aliphatic heterocycles. The molecule has 0 spiro atoms. The van der Waals surface area contributed by atoms with Crippen LogP contribution in [-0.4, -0.2) is 39.7 Å². The Labute approximate surface area is 198 Å². The standard InChI is InChI=1S/C26H28N6O2/c1-16(18(3)21-8-9-28-26-25(21)33-10-11-34-26)14-32(27)24-13-23(29-15-30-24)20-6-7-22-19(12-20)5-4-17(2)31-22/h4-9,12-13,15-16,18H,10-11,14,27H2,1-3H3/t16-,18?/m1/s1. The molecule has 4 heterocycles. The zero-order chi connectivity index (χ0) is 23.7. The fraction of sp³-hybridized carbons (Fsp3) is 0.308. The zero-order valence-electron chi connectivity index (χ0n) is 19.6. The summed E-state index contributed by atoms with van der Waals surface area (Å²) in [6, 6.07) is 14.1. The van der Waals surface area contributed by atoms with Gasteiger partial charge in [0.05, 0.1) is 11.2 Å². The summed E-state index contributed by atoms with van der Waals surface area (Å²) in [5, 5.41) is 2.76. The number of rotatable bonds is 6. The quantitative estimate of drug-likeness (QED) is 0.339. The number of aromatic nitrogens is 4.